The van der Waals surface area contributed by atoms with Gasteiger partial charge in [-0.1, -0.05) is 17.7 Å². The van der Waals surface area contributed by atoms with Gasteiger partial charge in [-0.15, -0.1) is 0 Å². The molecule has 2 aromatic carbocycles. The van der Waals surface area contributed by atoms with Crippen molar-refractivity contribution in [3.8, 4) is 22.7 Å². The Bertz CT molecular complexity index is 814. The Morgan fingerprint density at radius 2 is 1.95 bits per heavy atom. The minimum Gasteiger partial charge on any atom is -0.507 e. The maximum Gasteiger partial charge on any atom is 0.127 e. The summed E-state index contributed by atoms with van der Waals surface area (Å²) in [7, 11) is 0. The number of nitrogens with zero attached hydrogens (tertiary/aromatic N) is 2. The second-order valence-electron chi connectivity index (χ2n) is 4.72. The second-order valence-corrected chi connectivity index (χ2v) is 5.13. The van der Waals surface area contributed by atoms with E-state index >= 15 is 0 Å². The quantitative estimate of drug-likeness (QED) is 0.764. The first kappa shape index (κ1) is 13.6. The van der Waals surface area contributed by atoms with Crippen molar-refractivity contribution < 1.29 is 9.50 Å². The van der Waals surface area contributed by atoms with Crippen molar-refractivity contribution in [2.24, 2.45) is 0 Å². The number of phenols is 1. The van der Waals surface area contributed by atoms with Crippen LogP contribution in [0.25, 0.3) is 16.9 Å². The summed E-state index contributed by atoms with van der Waals surface area (Å²) in [5, 5.41) is 14.8. The molecule has 0 aliphatic carbocycles. The van der Waals surface area contributed by atoms with Gasteiger partial charge < -0.3 is 5.11 Å². The van der Waals surface area contributed by atoms with Gasteiger partial charge in [0.05, 0.1) is 17.6 Å². The summed E-state index contributed by atoms with van der Waals surface area (Å²) in [6.45, 7) is 1.92. The highest BCUT2D eigenvalue weighted by atomic mass is 35.5. The van der Waals surface area contributed by atoms with Crippen molar-refractivity contribution in [3.05, 3.63) is 65.1 Å². The van der Waals surface area contributed by atoms with E-state index in [1.807, 2.05) is 19.1 Å². The van der Waals surface area contributed by atoms with Gasteiger partial charge in [-0.25, -0.2) is 9.07 Å². The third-order valence-corrected chi connectivity index (χ3v) is 3.69. The fraction of sp³-hybridized carbons (Fsp3) is 0.0625. The Kier molecular flexibility index (Phi) is 3.39. The molecule has 0 radical (unpaired) electrons. The highest BCUT2D eigenvalue weighted by Crippen LogP contribution is 2.31. The van der Waals surface area contributed by atoms with E-state index in [-0.39, 0.29) is 5.75 Å². The second kappa shape index (κ2) is 5.22. The number of phenolic OH excluding ortho intramolecular Hbond substituents is 1. The molecule has 0 saturated carbocycles. The molecule has 0 atom stereocenters. The van der Waals surface area contributed by atoms with Gasteiger partial charge in [0.15, 0.2) is 0 Å². The van der Waals surface area contributed by atoms with Gasteiger partial charge in [-0.05, 0) is 42.8 Å². The average molecular weight is 303 g/mol. The molecule has 5 heteroatoms. The van der Waals surface area contributed by atoms with Crippen LogP contribution in [-0.4, -0.2) is 14.9 Å². The first-order valence-electron chi connectivity index (χ1n) is 6.36. The van der Waals surface area contributed by atoms with Crippen LogP contribution in [0.4, 0.5) is 4.39 Å². The zero-order valence-corrected chi connectivity index (χ0v) is 12.0. The molecule has 0 amide bonds. The number of halogens is 2. The average Bonchev–Trinajstić information content (AvgIpc) is 2.91. The summed E-state index contributed by atoms with van der Waals surface area (Å²) in [6, 6.07) is 11.2. The Balaban J connectivity index is 2.14. The first-order chi connectivity index (χ1) is 10.1. The molecule has 0 aliphatic heterocycles. The highest BCUT2D eigenvalue weighted by Gasteiger charge is 2.12. The molecule has 0 aliphatic rings. The zero-order chi connectivity index (χ0) is 15.0. The normalized spacial score (nSPS) is 10.8. The van der Waals surface area contributed by atoms with E-state index in [4.69, 9.17) is 11.6 Å². The van der Waals surface area contributed by atoms with Crippen molar-refractivity contribution in [2.75, 3.05) is 0 Å². The van der Waals surface area contributed by atoms with E-state index in [0.29, 0.717) is 16.3 Å². The van der Waals surface area contributed by atoms with Gasteiger partial charge >= 0.3 is 0 Å². The number of benzene rings is 2. The molecular formula is C16H12ClFN2O. The van der Waals surface area contributed by atoms with Crippen LogP contribution in [0.15, 0.2) is 48.7 Å². The topological polar surface area (TPSA) is 38.0 Å². The Morgan fingerprint density at radius 1 is 1.14 bits per heavy atom. The predicted molar refractivity (Wildman–Crippen MR) is 80.4 cm³/mol. The van der Waals surface area contributed by atoms with E-state index in [2.05, 4.69) is 5.10 Å². The Hall–Kier alpha value is -2.33. The van der Waals surface area contributed by atoms with Crippen molar-refractivity contribution >= 4 is 11.6 Å². The summed E-state index contributed by atoms with van der Waals surface area (Å²) in [5.41, 5.74) is 2.91. The van der Waals surface area contributed by atoms with Crippen LogP contribution in [0.3, 0.4) is 0 Å². The van der Waals surface area contributed by atoms with Crippen molar-refractivity contribution in [1.29, 1.82) is 0 Å². The molecule has 3 aromatic rings. The lowest BCUT2D eigenvalue weighted by molar-refractivity contribution is 0.470. The fourth-order valence-electron chi connectivity index (χ4n) is 2.15. The molecule has 3 rings (SSSR count). The van der Waals surface area contributed by atoms with Crippen LogP contribution in [0, 0.1) is 12.7 Å². The zero-order valence-electron chi connectivity index (χ0n) is 11.2. The summed E-state index contributed by atoms with van der Waals surface area (Å²) in [5.74, 6) is -0.615. The lowest BCUT2D eigenvalue weighted by Gasteiger charge is -2.10. The van der Waals surface area contributed by atoms with Crippen molar-refractivity contribution in [1.82, 2.24) is 9.78 Å². The molecule has 1 heterocycles. The SMILES string of the molecule is Cc1ccc(-n2nccc2-c2ccc(F)cc2O)cc1Cl. The van der Waals surface area contributed by atoms with Crippen molar-refractivity contribution in [2.45, 2.75) is 6.92 Å². The minimum atomic E-state index is -0.485. The van der Waals surface area contributed by atoms with Gasteiger partial charge in [-0.3, -0.25) is 0 Å². The lowest BCUT2D eigenvalue weighted by atomic mass is 10.1. The summed E-state index contributed by atoms with van der Waals surface area (Å²) >= 11 is 6.14. The van der Waals surface area contributed by atoms with Gasteiger partial charge in [0, 0.05) is 16.7 Å². The molecular weight excluding hydrogens is 291 g/mol. The monoisotopic (exact) mass is 302 g/mol. The smallest absolute Gasteiger partial charge is 0.127 e. The maximum absolute atomic E-state index is 13.1. The molecule has 0 saturated heterocycles. The minimum absolute atomic E-state index is 0.130. The molecule has 0 unspecified atom stereocenters. The van der Waals surface area contributed by atoms with Gasteiger partial charge in [0.25, 0.3) is 0 Å². The third-order valence-electron chi connectivity index (χ3n) is 3.28. The van der Waals surface area contributed by atoms with Crippen LogP contribution >= 0.6 is 11.6 Å². The standard InChI is InChI=1S/C16H12ClFN2O/c1-10-2-4-12(9-14(10)17)20-15(6-7-19-20)13-5-3-11(18)8-16(13)21/h2-9,21H,1H3. The number of aromatic nitrogens is 2. The predicted octanol–water partition coefficient (Wildman–Crippen LogP) is 4.35. The third kappa shape index (κ3) is 2.50. The highest BCUT2D eigenvalue weighted by molar-refractivity contribution is 6.31. The van der Waals surface area contributed by atoms with Crippen LogP contribution < -0.4 is 0 Å². The molecule has 3 nitrogen and oxygen atoms in total. The molecule has 1 N–H and O–H groups in total. The van der Waals surface area contributed by atoms with Crippen molar-refractivity contribution in [3.63, 3.8) is 0 Å². The van der Waals surface area contributed by atoms with Crippen LogP contribution in [0.1, 0.15) is 5.56 Å². The number of hydrogen-bond donors (Lipinski definition) is 1. The fourth-order valence-corrected chi connectivity index (χ4v) is 2.32. The number of aryl methyl sites for hydroxylation is 1. The van der Waals surface area contributed by atoms with E-state index in [9.17, 15) is 9.50 Å². The Labute approximate surface area is 126 Å². The largest absolute Gasteiger partial charge is 0.507 e. The molecule has 0 spiro atoms. The molecule has 21 heavy (non-hydrogen) atoms. The number of rotatable bonds is 2. The van der Waals surface area contributed by atoms with Gasteiger partial charge in [0.1, 0.15) is 11.6 Å². The molecule has 0 bridgehead atoms. The van der Waals surface area contributed by atoms with Crippen LogP contribution in [-0.2, 0) is 0 Å². The van der Waals surface area contributed by atoms with Gasteiger partial charge in [-0.2, -0.15) is 5.10 Å². The van der Waals surface area contributed by atoms with Gasteiger partial charge in [0.2, 0.25) is 0 Å². The maximum atomic E-state index is 13.1. The molecule has 0 fully saturated rings. The van der Waals surface area contributed by atoms with E-state index in [1.165, 1.54) is 12.1 Å². The number of hydrogen-bond acceptors (Lipinski definition) is 2. The van der Waals surface area contributed by atoms with Crippen LogP contribution in [0.5, 0.6) is 5.75 Å². The molecule has 106 valence electrons. The number of aromatic hydroxyl groups is 1. The summed E-state index contributed by atoms with van der Waals surface area (Å²) < 4.78 is 14.8. The molecule has 1 aromatic heterocycles. The Morgan fingerprint density at radius 3 is 2.67 bits per heavy atom. The van der Waals surface area contributed by atoms with E-state index in [0.717, 1.165) is 17.3 Å². The lowest BCUT2D eigenvalue weighted by Crippen LogP contribution is -1.99. The first-order valence-corrected chi connectivity index (χ1v) is 6.73. The van der Waals surface area contributed by atoms with E-state index in [1.54, 1.807) is 23.0 Å². The summed E-state index contributed by atoms with van der Waals surface area (Å²) in [6.07, 6.45) is 1.62. The summed E-state index contributed by atoms with van der Waals surface area (Å²) in [4.78, 5) is 0. The van der Waals surface area contributed by atoms with E-state index < -0.39 is 5.82 Å². The van der Waals surface area contributed by atoms with Crippen LogP contribution in [0.2, 0.25) is 5.02 Å².